The SMILES string of the molecule is [2H]C([2H])=C(F)C(=O)OCC(F)(F)C(F)(F)F. The van der Waals surface area contributed by atoms with Gasteiger partial charge in [0.2, 0.25) is 5.83 Å². The van der Waals surface area contributed by atoms with Gasteiger partial charge in [-0.2, -0.15) is 26.3 Å². The Kier molecular flexibility index (Phi) is 2.60. The monoisotopic (exact) mass is 224 g/mol. The highest BCUT2D eigenvalue weighted by Gasteiger charge is 2.58. The van der Waals surface area contributed by atoms with Gasteiger partial charge < -0.3 is 4.74 Å². The maximum absolute atomic E-state index is 12.3. The predicted octanol–water partition coefficient (Wildman–Crippen LogP) is 2.21. The summed E-state index contributed by atoms with van der Waals surface area (Å²) in [5, 5.41) is 0. The minimum Gasteiger partial charge on any atom is -0.454 e. The summed E-state index contributed by atoms with van der Waals surface area (Å²) in [4.78, 5) is 10.4. The number of ether oxygens (including phenoxy) is 1. The molecule has 0 spiro atoms. The Morgan fingerprint density at radius 3 is 2.21 bits per heavy atom. The van der Waals surface area contributed by atoms with Crippen molar-refractivity contribution in [1.29, 1.82) is 0 Å². The molecular weight excluding hydrogens is 218 g/mol. The fraction of sp³-hybridized carbons (Fsp3) is 0.500. The van der Waals surface area contributed by atoms with Crippen molar-refractivity contribution >= 4 is 5.97 Å². The smallest absolute Gasteiger partial charge is 0.454 e. The van der Waals surface area contributed by atoms with Crippen molar-refractivity contribution < 1.29 is 38.6 Å². The largest absolute Gasteiger partial charge is 0.456 e. The second-order valence-electron chi connectivity index (χ2n) is 2.09. The Labute approximate surface area is 77.0 Å². The molecule has 0 aromatic rings. The van der Waals surface area contributed by atoms with Crippen molar-refractivity contribution in [1.82, 2.24) is 0 Å². The Hall–Kier alpha value is -1.21. The molecule has 0 saturated carbocycles. The van der Waals surface area contributed by atoms with E-state index in [1.807, 2.05) is 0 Å². The molecule has 0 aromatic heterocycles. The second kappa shape index (κ2) is 3.89. The Balaban J connectivity index is 4.50. The average Bonchev–Trinajstić information content (AvgIpc) is 2.11. The van der Waals surface area contributed by atoms with Gasteiger partial charge in [-0.3, -0.25) is 0 Å². The van der Waals surface area contributed by atoms with Gasteiger partial charge in [0.1, 0.15) is 0 Å². The summed E-state index contributed by atoms with van der Waals surface area (Å²) < 4.78 is 86.8. The van der Waals surface area contributed by atoms with Crippen LogP contribution in [0.1, 0.15) is 2.74 Å². The maximum atomic E-state index is 12.3. The van der Waals surface area contributed by atoms with Gasteiger partial charge in [-0.05, 0) is 0 Å². The van der Waals surface area contributed by atoms with Gasteiger partial charge >= 0.3 is 18.1 Å². The van der Waals surface area contributed by atoms with Gasteiger partial charge in [-0.15, -0.1) is 0 Å². The number of halogens is 6. The summed E-state index contributed by atoms with van der Waals surface area (Å²) in [6.45, 7) is -4.09. The molecule has 0 saturated heterocycles. The van der Waals surface area contributed by atoms with E-state index in [1.165, 1.54) is 0 Å². The van der Waals surface area contributed by atoms with Crippen molar-refractivity contribution in [2.24, 2.45) is 0 Å². The molecule has 0 amide bonds. The second-order valence-corrected chi connectivity index (χ2v) is 2.09. The van der Waals surface area contributed by atoms with E-state index in [9.17, 15) is 31.1 Å². The van der Waals surface area contributed by atoms with Crippen LogP contribution >= 0.6 is 0 Å². The summed E-state index contributed by atoms with van der Waals surface area (Å²) in [6, 6.07) is 0. The van der Waals surface area contributed by atoms with Crippen LogP contribution in [-0.4, -0.2) is 24.7 Å². The van der Waals surface area contributed by atoms with Crippen molar-refractivity contribution in [3.8, 4) is 0 Å². The van der Waals surface area contributed by atoms with Crippen molar-refractivity contribution in [3.05, 3.63) is 12.4 Å². The summed E-state index contributed by atoms with van der Waals surface area (Å²) in [5.74, 6) is -9.69. The first kappa shape index (κ1) is 9.35. The number of hydrogen-bond donors (Lipinski definition) is 0. The molecule has 0 radical (unpaired) electrons. The zero-order valence-corrected chi connectivity index (χ0v) is 6.29. The molecule has 8 heteroatoms. The molecule has 0 heterocycles. The van der Waals surface area contributed by atoms with Gasteiger partial charge in [-0.1, -0.05) is 6.53 Å². The average molecular weight is 224 g/mol. The van der Waals surface area contributed by atoms with Crippen LogP contribution < -0.4 is 0 Å². The fourth-order valence-electron chi connectivity index (χ4n) is 0.301. The van der Waals surface area contributed by atoms with Crippen LogP contribution in [0.25, 0.3) is 0 Å². The normalized spacial score (nSPS) is 14.1. The molecule has 0 atom stereocenters. The summed E-state index contributed by atoms with van der Waals surface area (Å²) in [6.07, 6.45) is -5.93. The van der Waals surface area contributed by atoms with Crippen molar-refractivity contribution in [2.75, 3.05) is 6.61 Å². The lowest BCUT2D eigenvalue weighted by Gasteiger charge is -2.18. The highest BCUT2D eigenvalue weighted by Crippen LogP contribution is 2.35. The quantitative estimate of drug-likeness (QED) is 0.417. The topological polar surface area (TPSA) is 26.3 Å². The predicted molar refractivity (Wildman–Crippen MR) is 32.2 cm³/mol. The molecule has 0 bridgehead atoms. The van der Waals surface area contributed by atoms with Gasteiger partial charge in [0.05, 0.1) is 2.74 Å². The lowest BCUT2D eigenvalue weighted by molar-refractivity contribution is -0.293. The van der Waals surface area contributed by atoms with Crippen molar-refractivity contribution in [2.45, 2.75) is 12.1 Å². The number of rotatable bonds is 3. The Bertz CT molecular complexity index is 307. The molecule has 0 N–H and O–H groups in total. The van der Waals surface area contributed by atoms with Gasteiger partial charge in [-0.25, -0.2) is 4.79 Å². The zero-order chi connectivity index (χ0) is 13.1. The molecular formula is C6H4F6O2. The number of esters is 1. The van der Waals surface area contributed by atoms with E-state index in [1.54, 1.807) is 0 Å². The van der Waals surface area contributed by atoms with Crippen LogP contribution in [0, 0.1) is 0 Å². The first-order valence-electron chi connectivity index (χ1n) is 3.93. The van der Waals surface area contributed by atoms with E-state index in [0.717, 1.165) is 0 Å². The van der Waals surface area contributed by atoms with Crippen LogP contribution in [0.3, 0.4) is 0 Å². The van der Waals surface area contributed by atoms with E-state index in [0.29, 0.717) is 0 Å². The van der Waals surface area contributed by atoms with Crippen LogP contribution in [0.2, 0.25) is 0 Å². The van der Waals surface area contributed by atoms with E-state index in [4.69, 9.17) is 2.74 Å². The molecule has 0 aliphatic heterocycles. The first-order chi connectivity index (χ1) is 6.99. The molecule has 14 heavy (non-hydrogen) atoms. The minimum atomic E-state index is -5.93. The number of carbonyl (C=O) groups is 1. The summed E-state index contributed by atoms with van der Waals surface area (Å²) in [7, 11) is 0. The van der Waals surface area contributed by atoms with E-state index >= 15 is 0 Å². The van der Waals surface area contributed by atoms with Gasteiger partial charge in [0.15, 0.2) is 6.61 Å². The molecule has 0 fully saturated rings. The third-order valence-electron chi connectivity index (χ3n) is 0.978. The number of alkyl halides is 5. The highest BCUT2D eigenvalue weighted by molar-refractivity contribution is 5.85. The molecule has 0 unspecified atom stereocenters. The molecule has 0 aromatic carbocycles. The minimum absolute atomic E-state index is 1.68. The number of hydrogen-bond acceptors (Lipinski definition) is 2. The summed E-state index contributed by atoms with van der Waals surface area (Å²) >= 11 is 0. The van der Waals surface area contributed by atoms with Crippen LogP contribution in [0.5, 0.6) is 0 Å². The number of carbonyl (C=O) groups excluding carboxylic acids is 1. The summed E-state index contributed by atoms with van der Waals surface area (Å²) in [5.41, 5.74) is 0. The molecule has 82 valence electrons. The van der Waals surface area contributed by atoms with Crippen LogP contribution in [0.4, 0.5) is 26.3 Å². The Morgan fingerprint density at radius 1 is 1.36 bits per heavy atom. The van der Waals surface area contributed by atoms with E-state index in [2.05, 4.69) is 4.74 Å². The van der Waals surface area contributed by atoms with Gasteiger partial charge in [0, 0.05) is 0 Å². The maximum Gasteiger partial charge on any atom is 0.456 e. The third kappa shape index (κ3) is 3.27. The fourth-order valence-corrected chi connectivity index (χ4v) is 0.301. The lowest BCUT2D eigenvalue weighted by atomic mass is 10.3. The standard InChI is InChI=1S/C6H4F6O2/c1-3(7)4(13)14-2-5(8,9)6(10,11)12/h1-2H2/i1D2. The lowest BCUT2D eigenvalue weighted by Crippen LogP contribution is -2.41. The van der Waals surface area contributed by atoms with Crippen LogP contribution in [0.15, 0.2) is 12.4 Å². The van der Waals surface area contributed by atoms with E-state index in [-0.39, 0.29) is 0 Å². The van der Waals surface area contributed by atoms with E-state index < -0.39 is 37.0 Å². The van der Waals surface area contributed by atoms with Crippen LogP contribution in [-0.2, 0) is 9.53 Å². The third-order valence-corrected chi connectivity index (χ3v) is 0.978. The molecule has 0 aliphatic rings. The zero-order valence-electron chi connectivity index (χ0n) is 8.29. The molecule has 2 nitrogen and oxygen atoms in total. The molecule has 0 aliphatic carbocycles. The molecule has 0 rings (SSSR count). The Morgan fingerprint density at radius 2 is 1.86 bits per heavy atom. The highest BCUT2D eigenvalue weighted by atomic mass is 19.4. The first-order valence-corrected chi connectivity index (χ1v) is 2.93. The van der Waals surface area contributed by atoms with Crippen molar-refractivity contribution in [3.63, 3.8) is 0 Å². The van der Waals surface area contributed by atoms with Gasteiger partial charge in [0.25, 0.3) is 0 Å².